The number of halogens is 1. The molecule has 0 spiro atoms. The van der Waals surface area contributed by atoms with Crippen LogP contribution < -0.4 is 15.6 Å². The van der Waals surface area contributed by atoms with Crippen LogP contribution in [0.3, 0.4) is 0 Å². The van der Waals surface area contributed by atoms with Crippen molar-refractivity contribution in [2.24, 2.45) is 0 Å². The molecule has 164 valence electrons. The normalized spacial score (nSPS) is 10.9. The Balaban J connectivity index is 1.36. The summed E-state index contributed by atoms with van der Waals surface area (Å²) in [5.41, 5.74) is 1.78. The number of nitrogens with one attached hydrogen (secondary N) is 1. The minimum absolute atomic E-state index is 0.0895. The molecule has 0 fully saturated rings. The SMILES string of the molecule is Cc1ccccc1OCC(=O)NCCn1ncc2c(=O)n(Cc3cccc(F)c3)cnc21. The molecule has 1 N–H and O–H groups in total. The number of carbonyl (C=O) groups excluding carboxylic acids is 1. The summed E-state index contributed by atoms with van der Waals surface area (Å²) >= 11 is 0. The number of fused-ring (bicyclic) bond motifs is 1. The van der Waals surface area contributed by atoms with Crippen LogP contribution in [0.2, 0.25) is 0 Å². The zero-order valence-corrected chi connectivity index (χ0v) is 17.5. The molecule has 0 aliphatic rings. The number of hydrogen-bond acceptors (Lipinski definition) is 5. The van der Waals surface area contributed by atoms with Crippen LogP contribution >= 0.6 is 0 Å². The maximum Gasteiger partial charge on any atom is 0.264 e. The zero-order chi connectivity index (χ0) is 22.5. The van der Waals surface area contributed by atoms with E-state index < -0.39 is 0 Å². The number of amides is 1. The van der Waals surface area contributed by atoms with E-state index >= 15 is 0 Å². The first-order valence-electron chi connectivity index (χ1n) is 10.1. The number of hydrogen-bond donors (Lipinski definition) is 1. The van der Waals surface area contributed by atoms with Crippen molar-refractivity contribution in [2.75, 3.05) is 13.2 Å². The molecule has 0 aliphatic carbocycles. The van der Waals surface area contributed by atoms with Gasteiger partial charge in [0.1, 0.15) is 23.3 Å². The number of carbonyl (C=O) groups is 1. The fourth-order valence-electron chi connectivity index (χ4n) is 3.32. The highest BCUT2D eigenvalue weighted by atomic mass is 19.1. The van der Waals surface area contributed by atoms with E-state index in [2.05, 4.69) is 15.4 Å². The van der Waals surface area contributed by atoms with Gasteiger partial charge in [0.05, 0.1) is 19.3 Å². The van der Waals surface area contributed by atoms with E-state index in [9.17, 15) is 14.0 Å². The van der Waals surface area contributed by atoms with E-state index in [-0.39, 0.29) is 30.4 Å². The smallest absolute Gasteiger partial charge is 0.264 e. The Labute approximate surface area is 183 Å². The number of benzene rings is 2. The first-order valence-corrected chi connectivity index (χ1v) is 10.1. The quantitative estimate of drug-likeness (QED) is 0.459. The Morgan fingerprint density at radius 3 is 2.84 bits per heavy atom. The molecule has 2 aromatic heterocycles. The fraction of sp³-hybridized carbons (Fsp3) is 0.217. The van der Waals surface area contributed by atoms with Gasteiger partial charge in [0.15, 0.2) is 12.3 Å². The molecule has 4 aromatic rings. The van der Waals surface area contributed by atoms with Crippen molar-refractivity contribution in [1.29, 1.82) is 0 Å². The molecule has 0 unspecified atom stereocenters. The second kappa shape index (κ2) is 9.42. The maximum atomic E-state index is 13.4. The van der Waals surface area contributed by atoms with E-state index in [1.165, 1.54) is 29.2 Å². The molecule has 8 nitrogen and oxygen atoms in total. The summed E-state index contributed by atoms with van der Waals surface area (Å²) in [6.07, 6.45) is 2.87. The summed E-state index contributed by atoms with van der Waals surface area (Å²) in [7, 11) is 0. The highest BCUT2D eigenvalue weighted by Gasteiger charge is 2.11. The molecule has 0 aliphatic heterocycles. The van der Waals surface area contributed by atoms with Gasteiger partial charge in [0.25, 0.3) is 11.5 Å². The number of ether oxygens (including phenoxy) is 1. The number of nitrogens with zero attached hydrogens (tertiary/aromatic N) is 4. The third kappa shape index (κ3) is 4.83. The summed E-state index contributed by atoms with van der Waals surface area (Å²) in [5, 5.41) is 7.35. The summed E-state index contributed by atoms with van der Waals surface area (Å²) in [6, 6.07) is 13.6. The Bertz CT molecular complexity index is 1310. The third-order valence-corrected chi connectivity index (χ3v) is 4.96. The molecule has 0 saturated carbocycles. The van der Waals surface area contributed by atoms with Gasteiger partial charge >= 0.3 is 0 Å². The lowest BCUT2D eigenvalue weighted by atomic mass is 10.2. The van der Waals surface area contributed by atoms with Crippen LogP contribution in [0, 0.1) is 12.7 Å². The predicted molar refractivity (Wildman–Crippen MR) is 117 cm³/mol. The molecule has 9 heteroatoms. The lowest BCUT2D eigenvalue weighted by molar-refractivity contribution is -0.123. The topological polar surface area (TPSA) is 91.0 Å². The van der Waals surface area contributed by atoms with Crippen LogP contribution in [0.4, 0.5) is 4.39 Å². The van der Waals surface area contributed by atoms with Gasteiger partial charge in [0.2, 0.25) is 0 Å². The highest BCUT2D eigenvalue weighted by Crippen LogP contribution is 2.15. The Morgan fingerprint density at radius 1 is 1.19 bits per heavy atom. The van der Waals surface area contributed by atoms with E-state index in [0.29, 0.717) is 35.4 Å². The summed E-state index contributed by atoms with van der Waals surface area (Å²) in [6.45, 7) is 2.69. The molecule has 32 heavy (non-hydrogen) atoms. The Hall–Kier alpha value is -4.01. The zero-order valence-electron chi connectivity index (χ0n) is 17.5. The van der Waals surface area contributed by atoms with Gasteiger partial charge in [-0.05, 0) is 36.2 Å². The maximum absolute atomic E-state index is 13.4. The lowest BCUT2D eigenvalue weighted by Gasteiger charge is -2.10. The number of aromatic nitrogens is 4. The van der Waals surface area contributed by atoms with Crippen LogP contribution in [-0.2, 0) is 17.9 Å². The molecule has 2 heterocycles. The Kier molecular flexibility index (Phi) is 6.25. The average molecular weight is 435 g/mol. The molecule has 1 amide bonds. The molecule has 0 atom stereocenters. The largest absolute Gasteiger partial charge is 0.484 e. The van der Waals surface area contributed by atoms with Gasteiger partial charge in [0, 0.05) is 6.54 Å². The van der Waals surface area contributed by atoms with Crippen LogP contribution in [0.1, 0.15) is 11.1 Å². The Morgan fingerprint density at radius 2 is 2.03 bits per heavy atom. The van der Waals surface area contributed by atoms with Crippen molar-refractivity contribution in [3.8, 4) is 5.75 Å². The average Bonchev–Trinajstić information content (AvgIpc) is 3.19. The molecule has 0 saturated heterocycles. The number of rotatable bonds is 8. The van der Waals surface area contributed by atoms with E-state index in [0.717, 1.165) is 5.56 Å². The van der Waals surface area contributed by atoms with Crippen LogP contribution in [0.15, 0.2) is 65.8 Å². The van der Waals surface area contributed by atoms with Crippen LogP contribution in [-0.4, -0.2) is 38.4 Å². The molecular formula is C23H22FN5O3. The molecule has 2 aromatic carbocycles. The van der Waals surface area contributed by atoms with Crippen molar-refractivity contribution in [1.82, 2.24) is 24.6 Å². The van der Waals surface area contributed by atoms with Crippen molar-refractivity contribution in [2.45, 2.75) is 20.0 Å². The highest BCUT2D eigenvalue weighted by molar-refractivity contribution is 5.77. The molecule has 0 bridgehead atoms. The lowest BCUT2D eigenvalue weighted by Crippen LogP contribution is -2.32. The van der Waals surface area contributed by atoms with Crippen molar-refractivity contribution in [3.05, 3.63) is 88.4 Å². The number of para-hydroxylation sites is 1. The first kappa shape index (κ1) is 21.2. The second-order valence-corrected chi connectivity index (χ2v) is 7.32. The van der Waals surface area contributed by atoms with Gasteiger partial charge in [-0.15, -0.1) is 0 Å². The third-order valence-electron chi connectivity index (χ3n) is 4.96. The van der Waals surface area contributed by atoms with E-state index in [4.69, 9.17) is 4.74 Å². The monoisotopic (exact) mass is 435 g/mol. The fourth-order valence-corrected chi connectivity index (χ4v) is 3.32. The van der Waals surface area contributed by atoms with Crippen molar-refractivity contribution < 1.29 is 13.9 Å². The van der Waals surface area contributed by atoms with Crippen molar-refractivity contribution >= 4 is 16.9 Å². The van der Waals surface area contributed by atoms with E-state index in [1.807, 2.05) is 31.2 Å². The molecular weight excluding hydrogens is 413 g/mol. The minimum atomic E-state index is -0.358. The van der Waals surface area contributed by atoms with Gasteiger partial charge in [-0.1, -0.05) is 30.3 Å². The predicted octanol–water partition coefficient (Wildman–Crippen LogP) is 2.28. The minimum Gasteiger partial charge on any atom is -0.484 e. The van der Waals surface area contributed by atoms with Gasteiger partial charge in [-0.3, -0.25) is 14.2 Å². The standard InChI is InChI=1S/C23H22FN5O3/c1-16-5-2-3-8-20(16)32-14-21(30)25-9-10-29-22-19(12-27-29)23(31)28(15-26-22)13-17-6-4-7-18(24)11-17/h2-8,11-12,15H,9-10,13-14H2,1H3,(H,25,30). The van der Waals surface area contributed by atoms with Gasteiger partial charge in [-0.25, -0.2) is 14.1 Å². The number of aryl methyl sites for hydroxylation is 1. The van der Waals surface area contributed by atoms with Crippen LogP contribution in [0.5, 0.6) is 5.75 Å². The van der Waals surface area contributed by atoms with Crippen molar-refractivity contribution in [3.63, 3.8) is 0 Å². The van der Waals surface area contributed by atoms with Gasteiger partial charge in [-0.2, -0.15) is 5.10 Å². The molecule has 4 rings (SSSR count). The van der Waals surface area contributed by atoms with Gasteiger partial charge < -0.3 is 10.1 Å². The summed E-state index contributed by atoms with van der Waals surface area (Å²) in [4.78, 5) is 29.1. The molecule has 0 radical (unpaired) electrons. The van der Waals surface area contributed by atoms with E-state index in [1.54, 1.807) is 16.8 Å². The summed E-state index contributed by atoms with van der Waals surface area (Å²) in [5.74, 6) is 0.0540. The summed E-state index contributed by atoms with van der Waals surface area (Å²) < 4.78 is 21.9. The van der Waals surface area contributed by atoms with Crippen LogP contribution in [0.25, 0.3) is 11.0 Å². The second-order valence-electron chi connectivity index (χ2n) is 7.32. The first-order chi connectivity index (χ1) is 15.5.